The van der Waals surface area contributed by atoms with E-state index in [1.165, 1.54) is 45.1 Å². The third-order valence-corrected chi connectivity index (χ3v) is 4.83. The maximum Gasteiger partial charge on any atom is 0.0306 e. The van der Waals surface area contributed by atoms with Gasteiger partial charge in [-0.15, -0.1) is 0 Å². The van der Waals surface area contributed by atoms with E-state index in [0.717, 1.165) is 12.5 Å². The predicted molar refractivity (Wildman–Crippen MR) is 76.2 cm³/mol. The van der Waals surface area contributed by atoms with Crippen molar-refractivity contribution in [2.24, 2.45) is 11.7 Å². The first-order valence-electron chi connectivity index (χ1n) is 7.52. The highest BCUT2D eigenvalue weighted by molar-refractivity contribution is 4.93. The van der Waals surface area contributed by atoms with E-state index in [2.05, 4.69) is 32.6 Å². The zero-order chi connectivity index (χ0) is 12.9. The lowest BCUT2D eigenvalue weighted by Gasteiger charge is -2.49. The molecule has 1 heterocycles. The first-order chi connectivity index (χ1) is 8.05. The topological polar surface area (TPSA) is 29.3 Å². The van der Waals surface area contributed by atoms with E-state index in [9.17, 15) is 0 Å². The standard InChI is InChI=1S/C15H32N2/c1-5-6-7-10-15(4,12-16)17-11-8-9-13(2)14(17)3/h13-14H,5-12,16H2,1-4H3. The lowest BCUT2D eigenvalue weighted by molar-refractivity contribution is 0.00840. The summed E-state index contributed by atoms with van der Waals surface area (Å²) in [6.07, 6.45) is 7.94. The average molecular weight is 240 g/mol. The van der Waals surface area contributed by atoms with Crippen LogP contribution in [0.1, 0.15) is 66.2 Å². The Balaban J connectivity index is 2.63. The molecule has 1 saturated heterocycles. The van der Waals surface area contributed by atoms with Gasteiger partial charge in [0.1, 0.15) is 0 Å². The van der Waals surface area contributed by atoms with Crippen LogP contribution in [0.3, 0.4) is 0 Å². The average Bonchev–Trinajstić information content (AvgIpc) is 2.33. The molecule has 1 fully saturated rings. The van der Waals surface area contributed by atoms with Crippen LogP contribution in [0.2, 0.25) is 0 Å². The highest BCUT2D eigenvalue weighted by Crippen LogP contribution is 2.32. The Hall–Kier alpha value is -0.0800. The quantitative estimate of drug-likeness (QED) is 0.721. The second-order valence-electron chi connectivity index (χ2n) is 6.21. The maximum absolute atomic E-state index is 6.09. The molecule has 2 N–H and O–H groups in total. The SMILES string of the molecule is CCCCCC(C)(CN)N1CCCC(C)C1C. The molecule has 0 amide bonds. The highest BCUT2D eigenvalue weighted by Gasteiger charge is 2.36. The van der Waals surface area contributed by atoms with Crippen LogP contribution < -0.4 is 5.73 Å². The number of piperidine rings is 1. The predicted octanol–water partition coefficient (Wildman–Crippen LogP) is 3.40. The van der Waals surface area contributed by atoms with Gasteiger partial charge in [0.05, 0.1) is 0 Å². The largest absolute Gasteiger partial charge is 0.329 e. The van der Waals surface area contributed by atoms with Crippen LogP contribution in [0.15, 0.2) is 0 Å². The summed E-state index contributed by atoms with van der Waals surface area (Å²) in [5.41, 5.74) is 6.31. The molecule has 1 aliphatic rings. The normalized spacial score (nSPS) is 30.2. The van der Waals surface area contributed by atoms with Gasteiger partial charge in [0.25, 0.3) is 0 Å². The van der Waals surface area contributed by atoms with Gasteiger partial charge in [-0.3, -0.25) is 4.90 Å². The van der Waals surface area contributed by atoms with Crippen molar-refractivity contribution in [1.82, 2.24) is 4.90 Å². The molecule has 3 atom stereocenters. The Bertz CT molecular complexity index is 217. The molecule has 0 radical (unpaired) electrons. The number of rotatable bonds is 6. The molecule has 0 saturated carbocycles. The molecule has 1 aliphatic heterocycles. The third kappa shape index (κ3) is 3.69. The highest BCUT2D eigenvalue weighted by atomic mass is 15.2. The number of hydrogen-bond acceptors (Lipinski definition) is 2. The smallest absolute Gasteiger partial charge is 0.0306 e. The zero-order valence-electron chi connectivity index (χ0n) is 12.3. The number of nitrogens with zero attached hydrogens (tertiary/aromatic N) is 1. The van der Waals surface area contributed by atoms with Gasteiger partial charge in [0.15, 0.2) is 0 Å². The first kappa shape index (κ1) is 15.0. The molecule has 102 valence electrons. The van der Waals surface area contributed by atoms with E-state index in [0.29, 0.717) is 6.04 Å². The fraction of sp³-hybridized carbons (Fsp3) is 1.00. The van der Waals surface area contributed by atoms with Crippen LogP contribution in [0, 0.1) is 5.92 Å². The van der Waals surface area contributed by atoms with Crippen LogP contribution in [-0.2, 0) is 0 Å². The lowest BCUT2D eigenvalue weighted by Crippen LogP contribution is -2.58. The van der Waals surface area contributed by atoms with Crippen molar-refractivity contribution < 1.29 is 0 Å². The van der Waals surface area contributed by atoms with Crippen LogP contribution in [0.25, 0.3) is 0 Å². The monoisotopic (exact) mass is 240 g/mol. The molecule has 0 aromatic carbocycles. The van der Waals surface area contributed by atoms with E-state index >= 15 is 0 Å². The van der Waals surface area contributed by atoms with Crippen molar-refractivity contribution in [2.45, 2.75) is 77.8 Å². The summed E-state index contributed by atoms with van der Waals surface area (Å²) in [6, 6.07) is 0.693. The summed E-state index contributed by atoms with van der Waals surface area (Å²) >= 11 is 0. The van der Waals surface area contributed by atoms with Gasteiger partial charge in [-0.25, -0.2) is 0 Å². The molecule has 3 unspecified atom stereocenters. The summed E-state index contributed by atoms with van der Waals surface area (Å²) in [6.45, 7) is 11.5. The molecule has 0 aliphatic carbocycles. The van der Waals surface area contributed by atoms with E-state index in [-0.39, 0.29) is 5.54 Å². The Labute approximate surface area is 108 Å². The van der Waals surface area contributed by atoms with Crippen molar-refractivity contribution in [3.63, 3.8) is 0 Å². The molecule has 0 bridgehead atoms. The minimum absolute atomic E-state index is 0.225. The van der Waals surface area contributed by atoms with Gasteiger partial charge >= 0.3 is 0 Å². The number of unbranched alkanes of at least 4 members (excludes halogenated alkanes) is 2. The van der Waals surface area contributed by atoms with E-state index in [1.54, 1.807) is 0 Å². The van der Waals surface area contributed by atoms with Gasteiger partial charge in [0.2, 0.25) is 0 Å². The number of hydrogen-bond donors (Lipinski definition) is 1. The Morgan fingerprint density at radius 1 is 1.29 bits per heavy atom. The van der Waals surface area contributed by atoms with E-state index < -0.39 is 0 Å². The van der Waals surface area contributed by atoms with Crippen molar-refractivity contribution >= 4 is 0 Å². The van der Waals surface area contributed by atoms with Gasteiger partial charge in [-0.2, -0.15) is 0 Å². The molecular formula is C15H32N2. The third-order valence-electron chi connectivity index (χ3n) is 4.83. The van der Waals surface area contributed by atoms with E-state index in [1.807, 2.05) is 0 Å². The Morgan fingerprint density at radius 3 is 2.59 bits per heavy atom. The van der Waals surface area contributed by atoms with Crippen molar-refractivity contribution in [3.8, 4) is 0 Å². The zero-order valence-corrected chi connectivity index (χ0v) is 12.3. The van der Waals surface area contributed by atoms with Gasteiger partial charge in [0, 0.05) is 18.1 Å². The summed E-state index contributed by atoms with van der Waals surface area (Å²) < 4.78 is 0. The Kier molecular flexibility index (Phi) is 5.94. The van der Waals surface area contributed by atoms with Crippen molar-refractivity contribution in [1.29, 1.82) is 0 Å². The maximum atomic E-state index is 6.09. The summed E-state index contributed by atoms with van der Waals surface area (Å²) in [5, 5.41) is 0. The van der Waals surface area contributed by atoms with Crippen molar-refractivity contribution in [2.75, 3.05) is 13.1 Å². The summed E-state index contributed by atoms with van der Waals surface area (Å²) in [7, 11) is 0. The molecule has 2 heteroatoms. The first-order valence-corrected chi connectivity index (χ1v) is 7.52. The Morgan fingerprint density at radius 2 is 2.00 bits per heavy atom. The summed E-state index contributed by atoms with van der Waals surface area (Å²) in [4.78, 5) is 2.69. The van der Waals surface area contributed by atoms with Crippen LogP contribution in [0.4, 0.5) is 0 Å². The number of likely N-dealkylation sites (tertiary alicyclic amines) is 1. The molecule has 2 nitrogen and oxygen atoms in total. The van der Waals surface area contributed by atoms with Crippen molar-refractivity contribution in [3.05, 3.63) is 0 Å². The minimum Gasteiger partial charge on any atom is -0.329 e. The summed E-state index contributed by atoms with van der Waals surface area (Å²) in [5.74, 6) is 0.820. The van der Waals surface area contributed by atoms with Crippen LogP contribution >= 0.6 is 0 Å². The number of nitrogens with two attached hydrogens (primary N) is 1. The van der Waals surface area contributed by atoms with Crippen LogP contribution in [0.5, 0.6) is 0 Å². The fourth-order valence-corrected chi connectivity index (χ4v) is 3.22. The lowest BCUT2D eigenvalue weighted by atomic mass is 9.84. The minimum atomic E-state index is 0.225. The van der Waals surface area contributed by atoms with E-state index in [4.69, 9.17) is 5.73 Å². The molecular weight excluding hydrogens is 208 g/mol. The van der Waals surface area contributed by atoms with Gasteiger partial charge < -0.3 is 5.73 Å². The second kappa shape index (κ2) is 6.75. The second-order valence-corrected chi connectivity index (χ2v) is 6.21. The molecule has 1 rings (SSSR count). The molecule has 17 heavy (non-hydrogen) atoms. The molecule has 0 aromatic heterocycles. The molecule has 0 spiro atoms. The van der Waals surface area contributed by atoms with Crippen LogP contribution in [-0.4, -0.2) is 29.6 Å². The van der Waals surface area contributed by atoms with Gasteiger partial charge in [-0.05, 0) is 45.6 Å². The fourth-order valence-electron chi connectivity index (χ4n) is 3.22. The molecule has 0 aromatic rings. The van der Waals surface area contributed by atoms with Gasteiger partial charge in [-0.1, -0.05) is 33.1 Å².